The summed E-state index contributed by atoms with van der Waals surface area (Å²) in [5, 5.41) is 6.79. The summed E-state index contributed by atoms with van der Waals surface area (Å²) in [7, 11) is 0. The summed E-state index contributed by atoms with van der Waals surface area (Å²) in [6.07, 6.45) is 4.64. The van der Waals surface area contributed by atoms with Crippen molar-refractivity contribution in [2.75, 3.05) is 5.32 Å². The molecule has 7 heteroatoms. The first-order valence-corrected chi connectivity index (χ1v) is 7.82. The Bertz CT molecular complexity index is 858. The van der Waals surface area contributed by atoms with E-state index in [1.165, 1.54) is 6.20 Å². The van der Waals surface area contributed by atoms with Gasteiger partial charge in [0.15, 0.2) is 0 Å². The SMILES string of the molecule is Cc1noc(C)c1[C@@H](C)C(=O)Nc1cccc(Oc2cnccn2)c1. The fraction of sp³-hybridized carbons (Fsp3) is 0.222. The van der Waals surface area contributed by atoms with Crippen LogP contribution in [0.2, 0.25) is 0 Å². The van der Waals surface area contributed by atoms with Crippen LogP contribution >= 0.6 is 0 Å². The van der Waals surface area contributed by atoms with Crippen molar-refractivity contribution >= 4 is 11.6 Å². The number of anilines is 1. The maximum atomic E-state index is 12.5. The molecule has 0 fully saturated rings. The molecule has 0 aliphatic carbocycles. The topological polar surface area (TPSA) is 90.1 Å². The molecule has 0 aliphatic rings. The van der Waals surface area contributed by atoms with Gasteiger partial charge in [-0.3, -0.25) is 9.78 Å². The Morgan fingerprint density at radius 3 is 2.80 bits per heavy atom. The quantitative estimate of drug-likeness (QED) is 0.764. The zero-order valence-electron chi connectivity index (χ0n) is 14.2. The van der Waals surface area contributed by atoms with E-state index in [0.717, 1.165) is 11.3 Å². The number of carbonyl (C=O) groups is 1. The molecule has 2 heterocycles. The van der Waals surface area contributed by atoms with Crippen molar-refractivity contribution in [1.29, 1.82) is 0 Å². The molecule has 25 heavy (non-hydrogen) atoms. The third-order valence-electron chi connectivity index (χ3n) is 3.78. The number of hydrogen-bond donors (Lipinski definition) is 1. The van der Waals surface area contributed by atoms with Crippen LogP contribution in [0, 0.1) is 13.8 Å². The van der Waals surface area contributed by atoms with Crippen LogP contribution in [-0.2, 0) is 4.79 Å². The number of amides is 1. The van der Waals surface area contributed by atoms with Gasteiger partial charge in [0, 0.05) is 29.7 Å². The van der Waals surface area contributed by atoms with Crippen LogP contribution in [0.25, 0.3) is 0 Å². The number of ether oxygens (including phenoxy) is 1. The van der Waals surface area contributed by atoms with Crippen molar-refractivity contribution < 1.29 is 14.1 Å². The van der Waals surface area contributed by atoms with Gasteiger partial charge in [-0.25, -0.2) is 4.98 Å². The molecular weight excluding hydrogens is 320 g/mol. The van der Waals surface area contributed by atoms with Crippen molar-refractivity contribution in [1.82, 2.24) is 15.1 Å². The Morgan fingerprint density at radius 2 is 2.12 bits per heavy atom. The van der Waals surface area contributed by atoms with Crippen LogP contribution in [0.15, 0.2) is 47.4 Å². The highest BCUT2D eigenvalue weighted by Gasteiger charge is 2.23. The number of nitrogens with zero attached hydrogens (tertiary/aromatic N) is 3. The minimum absolute atomic E-state index is 0.147. The zero-order valence-corrected chi connectivity index (χ0v) is 14.2. The van der Waals surface area contributed by atoms with Gasteiger partial charge in [0.25, 0.3) is 0 Å². The second-order valence-corrected chi connectivity index (χ2v) is 5.62. The van der Waals surface area contributed by atoms with Crippen LogP contribution in [0.5, 0.6) is 11.6 Å². The molecule has 0 saturated carbocycles. The van der Waals surface area contributed by atoms with Gasteiger partial charge in [-0.15, -0.1) is 0 Å². The minimum atomic E-state index is -0.379. The number of aryl methyl sites for hydroxylation is 2. The molecule has 0 saturated heterocycles. The lowest BCUT2D eigenvalue weighted by molar-refractivity contribution is -0.117. The lowest BCUT2D eigenvalue weighted by Gasteiger charge is -2.13. The molecule has 0 spiro atoms. The molecule has 0 radical (unpaired) electrons. The van der Waals surface area contributed by atoms with Crippen molar-refractivity contribution in [2.24, 2.45) is 0 Å². The Labute approximate surface area is 145 Å². The molecule has 0 bridgehead atoms. The predicted molar refractivity (Wildman–Crippen MR) is 91.6 cm³/mol. The van der Waals surface area contributed by atoms with Gasteiger partial charge in [-0.2, -0.15) is 0 Å². The van der Waals surface area contributed by atoms with Gasteiger partial charge in [0.2, 0.25) is 11.8 Å². The van der Waals surface area contributed by atoms with E-state index < -0.39 is 0 Å². The van der Waals surface area contributed by atoms with Gasteiger partial charge in [0.05, 0.1) is 17.8 Å². The molecule has 1 amide bonds. The summed E-state index contributed by atoms with van der Waals surface area (Å²) in [5.41, 5.74) is 2.16. The van der Waals surface area contributed by atoms with E-state index in [9.17, 15) is 4.79 Å². The Hall–Kier alpha value is -3.22. The Kier molecular flexibility index (Phi) is 4.74. The highest BCUT2D eigenvalue weighted by molar-refractivity contribution is 5.96. The van der Waals surface area contributed by atoms with Gasteiger partial charge < -0.3 is 14.6 Å². The first-order chi connectivity index (χ1) is 12.0. The van der Waals surface area contributed by atoms with E-state index in [1.807, 2.05) is 13.8 Å². The van der Waals surface area contributed by atoms with Gasteiger partial charge >= 0.3 is 0 Å². The van der Waals surface area contributed by atoms with Gasteiger partial charge in [0.1, 0.15) is 11.5 Å². The van der Waals surface area contributed by atoms with Crippen molar-refractivity contribution in [2.45, 2.75) is 26.7 Å². The largest absolute Gasteiger partial charge is 0.437 e. The highest BCUT2D eigenvalue weighted by Crippen LogP contribution is 2.26. The number of rotatable bonds is 5. The minimum Gasteiger partial charge on any atom is -0.437 e. The third kappa shape index (κ3) is 3.82. The molecule has 2 aromatic heterocycles. The van der Waals surface area contributed by atoms with E-state index in [4.69, 9.17) is 9.26 Å². The van der Waals surface area contributed by atoms with Crippen LogP contribution in [0.3, 0.4) is 0 Å². The Balaban J connectivity index is 1.72. The lowest BCUT2D eigenvalue weighted by atomic mass is 9.98. The van der Waals surface area contributed by atoms with Gasteiger partial charge in [-0.05, 0) is 32.9 Å². The highest BCUT2D eigenvalue weighted by atomic mass is 16.5. The molecule has 0 unspecified atom stereocenters. The number of nitrogens with one attached hydrogen (secondary N) is 1. The maximum Gasteiger partial charge on any atom is 0.237 e. The summed E-state index contributed by atoms with van der Waals surface area (Å²) < 4.78 is 10.8. The molecule has 1 N–H and O–H groups in total. The molecule has 128 valence electrons. The van der Waals surface area contributed by atoms with E-state index in [1.54, 1.807) is 43.6 Å². The second-order valence-electron chi connectivity index (χ2n) is 5.62. The molecular formula is C18H18N4O3. The molecule has 1 aromatic carbocycles. The molecule has 1 atom stereocenters. The second kappa shape index (κ2) is 7.12. The van der Waals surface area contributed by atoms with Gasteiger partial charge in [-0.1, -0.05) is 11.2 Å². The summed E-state index contributed by atoms with van der Waals surface area (Å²) in [6.45, 7) is 5.45. The molecule has 0 aliphatic heterocycles. The number of aromatic nitrogens is 3. The molecule has 3 rings (SSSR count). The smallest absolute Gasteiger partial charge is 0.237 e. The lowest BCUT2D eigenvalue weighted by Crippen LogP contribution is -2.19. The van der Waals surface area contributed by atoms with Crippen molar-refractivity contribution in [3.63, 3.8) is 0 Å². The average molecular weight is 338 g/mol. The summed E-state index contributed by atoms with van der Waals surface area (Å²) in [4.78, 5) is 20.5. The first kappa shape index (κ1) is 16.6. The van der Waals surface area contributed by atoms with Crippen LogP contribution < -0.4 is 10.1 Å². The number of hydrogen-bond acceptors (Lipinski definition) is 6. The predicted octanol–water partition coefficient (Wildman–Crippen LogP) is 3.62. The fourth-order valence-electron chi connectivity index (χ4n) is 2.59. The van der Waals surface area contributed by atoms with Crippen LogP contribution in [0.1, 0.15) is 29.9 Å². The summed E-state index contributed by atoms with van der Waals surface area (Å²) in [6, 6.07) is 7.10. The molecule has 7 nitrogen and oxygen atoms in total. The number of carbonyl (C=O) groups excluding carboxylic acids is 1. The van der Waals surface area contributed by atoms with E-state index in [2.05, 4.69) is 20.4 Å². The molecule has 3 aromatic rings. The summed E-state index contributed by atoms with van der Waals surface area (Å²) >= 11 is 0. The Morgan fingerprint density at radius 1 is 1.28 bits per heavy atom. The monoisotopic (exact) mass is 338 g/mol. The van der Waals surface area contributed by atoms with Crippen LogP contribution in [0.4, 0.5) is 5.69 Å². The standard InChI is InChI=1S/C18H18N4O3/c1-11(17-12(2)22-25-13(17)3)18(23)21-14-5-4-6-15(9-14)24-16-10-19-7-8-20-16/h4-11H,1-3H3,(H,21,23)/t11-/m1/s1. The van der Waals surface area contributed by atoms with E-state index in [-0.39, 0.29) is 11.8 Å². The van der Waals surface area contributed by atoms with Crippen LogP contribution in [-0.4, -0.2) is 21.0 Å². The zero-order chi connectivity index (χ0) is 17.8. The normalized spacial score (nSPS) is 11.8. The first-order valence-electron chi connectivity index (χ1n) is 7.82. The summed E-state index contributed by atoms with van der Waals surface area (Å²) in [5.74, 6) is 1.07. The average Bonchev–Trinajstić information content (AvgIpc) is 2.94. The van der Waals surface area contributed by atoms with Crippen molar-refractivity contribution in [3.8, 4) is 11.6 Å². The number of benzene rings is 1. The van der Waals surface area contributed by atoms with Crippen molar-refractivity contribution in [3.05, 3.63) is 59.9 Å². The fourth-order valence-corrected chi connectivity index (χ4v) is 2.59. The third-order valence-corrected chi connectivity index (χ3v) is 3.78. The van der Waals surface area contributed by atoms with E-state index >= 15 is 0 Å². The van der Waals surface area contributed by atoms with E-state index in [0.29, 0.717) is 23.1 Å². The maximum absolute atomic E-state index is 12.5.